The standard InChI is InChI=1S/C27H29NO4S/c1-3-28(4-2)16-5-17-31-22-11-13-23(14-12-22)32-26-24-15-10-21(30)18-25(24)33-27(26)19-6-8-20(29)9-7-19/h6-15,18,29-30H,3-5,16-17H2,1-2H3. The van der Waals surface area contributed by atoms with Crippen LogP contribution in [0, 0.1) is 0 Å². The van der Waals surface area contributed by atoms with Crippen LogP contribution >= 0.6 is 11.3 Å². The Morgan fingerprint density at radius 2 is 1.48 bits per heavy atom. The van der Waals surface area contributed by atoms with Crippen LogP contribution in [-0.2, 0) is 0 Å². The average Bonchev–Trinajstić information content (AvgIpc) is 3.18. The molecule has 2 N–H and O–H groups in total. The first kappa shape index (κ1) is 23.0. The molecule has 6 heteroatoms. The molecule has 0 saturated heterocycles. The summed E-state index contributed by atoms with van der Waals surface area (Å²) in [5.74, 6) is 2.69. The van der Waals surface area contributed by atoms with E-state index in [1.807, 2.05) is 42.5 Å². The molecule has 1 aromatic heterocycles. The third-order valence-electron chi connectivity index (χ3n) is 5.58. The number of benzene rings is 3. The summed E-state index contributed by atoms with van der Waals surface area (Å²) in [7, 11) is 0. The summed E-state index contributed by atoms with van der Waals surface area (Å²) in [6.45, 7) is 8.19. The highest BCUT2D eigenvalue weighted by atomic mass is 32.1. The summed E-state index contributed by atoms with van der Waals surface area (Å²) < 4.78 is 13.2. The Kier molecular flexibility index (Phi) is 7.37. The van der Waals surface area contributed by atoms with Crippen LogP contribution in [0.2, 0.25) is 0 Å². The number of phenolic OH excluding ortho intramolecular Hbond substituents is 2. The molecule has 0 saturated carbocycles. The number of ether oxygens (including phenoxy) is 2. The lowest BCUT2D eigenvalue weighted by molar-refractivity contribution is 0.249. The number of nitrogens with zero attached hydrogens (tertiary/aromatic N) is 1. The van der Waals surface area contributed by atoms with Crippen LogP contribution < -0.4 is 9.47 Å². The summed E-state index contributed by atoms with van der Waals surface area (Å²) in [6, 6.07) is 20.0. The maximum absolute atomic E-state index is 9.92. The summed E-state index contributed by atoms with van der Waals surface area (Å²) in [6.07, 6.45) is 0.990. The van der Waals surface area contributed by atoms with Gasteiger partial charge in [0.25, 0.3) is 0 Å². The highest BCUT2D eigenvalue weighted by Crippen LogP contribution is 2.47. The lowest BCUT2D eigenvalue weighted by atomic mass is 10.1. The molecule has 4 aromatic rings. The van der Waals surface area contributed by atoms with Gasteiger partial charge in [-0.3, -0.25) is 0 Å². The molecule has 0 amide bonds. The summed E-state index contributed by atoms with van der Waals surface area (Å²) in [5, 5.41) is 20.5. The molecule has 0 aliphatic carbocycles. The Morgan fingerprint density at radius 3 is 2.18 bits per heavy atom. The molecule has 1 heterocycles. The molecule has 0 aliphatic heterocycles. The second-order valence-electron chi connectivity index (χ2n) is 7.79. The van der Waals surface area contributed by atoms with Crippen molar-refractivity contribution in [2.45, 2.75) is 20.3 Å². The fourth-order valence-electron chi connectivity index (χ4n) is 3.71. The van der Waals surface area contributed by atoms with E-state index in [1.54, 1.807) is 35.6 Å². The van der Waals surface area contributed by atoms with Crippen LogP contribution in [0.25, 0.3) is 20.5 Å². The van der Waals surface area contributed by atoms with Gasteiger partial charge >= 0.3 is 0 Å². The van der Waals surface area contributed by atoms with Crippen LogP contribution in [0.15, 0.2) is 66.7 Å². The van der Waals surface area contributed by atoms with Gasteiger partial charge in [-0.2, -0.15) is 0 Å². The first-order valence-electron chi connectivity index (χ1n) is 11.3. The zero-order valence-electron chi connectivity index (χ0n) is 19.0. The molecule has 4 rings (SSSR count). The third-order valence-corrected chi connectivity index (χ3v) is 6.77. The fourth-order valence-corrected chi connectivity index (χ4v) is 4.87. The SMILES string of the molecule is CCN(CC)CCCOc1ccc(Oc2c(-c3ccc(O)cc3)sc3cc(O)ccc23)cc1. The maximum Gasteiger partial charge on any atom is 0.153 e. The molecule has 0 bridgehead atoms. The van der Waals surface area contributed by atoms with Crippen molar-refractivity contribution >= 4 is 21.4 Å². The highest BCUT2D eigenvalue weighted by Gasteiger charge is 2.17. The van der Waals surface area contributed by atoms with E-state index < -0.39 is 0 Å². The highest BCUT2D eigenvalue weighted by molar-refractivity contribution is 7.22. The maximum atomic E-state index is 9.92. The van der Waals surface area contributed by atoms with Gasteiger partial charge in [0.2, 0.25) is 0 Å². The van der Waals surface area contributed by atoms with E-state index in [-0.39, 0.29) is 11.5 Å². The van der Waals surface area contributed by atoms with Gasteiger partial charge in [0.15, 0.2) is 5.75 Å². The predicted octanol–water partition coefficient (Wildman–Crippen LogP) is 6.88. The molecule has 0 radical (unpaired) electrons. The van der Waals surface area contributed by atoms with Crippen molar-refractivity contribution in [3.8, 4) is 39.2 Å². The Balaban J connectivity index is 1.51. The zero-order valence-corrected chi connectivity index (χ0v) is 19.8. The Morgan fingerprint density at radius 1 is 0.818 bits per heavy atom. The normalized spacial score (nSPS) is 11.2. The van der Waals surface area contributed by atoms with E-state index in [2.05, 4.69) is 18.7 Å². The van der Waals surface area contributed by atoms with Crippen molar-refractivity contribution in [2.75, 3.05) is 26.2 Å². The molecule has 3 aromatic carbocycles. The molecular weight excluding hydrogens is 434 g/mol. The monoisotopic (exact) mass is 463 g/mol. The van der Waals surface area contributed by atoms with Crippen molar-refractivity contribution < 1.29 is 19.7 Å². The minimum Gasteiger partial charge on any atom is -0.508 e. The van der Waals surface area contributed by atoms with Crippen LogP contribution in [-0.4, -0.2) is 41.4 Å². The Labute approximate surface area is 198 Å². The first-order chi connectivity index (χ1) is 16.1. The van der Waals surface area contributed by atoms with Crippen molar-refractivity contribution in [1.82, 2.24) is 4.90 Å². The van der Waals surface area contributed by atoms with Gasteiger partial charge in [-0.05, 0) is 91.8 Å². The number of rotatable bonds is 10. The molecule has 0 spiro atoms. The fraction of sp³-hybridized carbons (Fsp3) is 0.259. The van der Waals surface area contributed by atoms with Gasteiger partial charge in [0.1, 0.15) is 23.0 Å². The molecule has 0 aliphatic rings. The summed E-state index contributed by atoms with van der Waals surface area (Å²) in [5.41, 5.74) is 0.941. The minimum atomic E-state index is 0.215. The topological polar surface area (TPSA) is 62.2 Å². The molecule has 5 nitrogen and oxygen atoms in total. The molecule has 0 unspecified atom stereocenters. The van der Waals surface area contributed by atoms with Gasteiger partial charge in [0, 0.05) is 16.6 Å². The minimum absolute atomic E-state index is 0.215. The number of hydrogen-bond acceptors (Lipinski definition) is 6. The van der Waals surface area contributed by atoms with E-state index in [9.17, 15) is 10.2 Å². The van der Waals surface area contributed by atoms with Crippen LogP contribution in [0.1, 0.15) is 20.3 Å². The Bertz CT molecular complexity index is 1180. The van der Waals surface area contributed by atoms with Gasteiger partial charge in [-0.25, -0.2) is 0 Å². The lowest BCUT2D eigenvalue weighted by Gasteiger charge is -2.17. The predicted molar refractivity (Wildman–Crippen MR) is 135 cm³/mol. The Hall–Kier alpha value is -3.22. The molecule has 33 heavy (non-hydrogen) atoms. The quantitative estimate of drug-likeness (QED) is 0.251. The third kappa shape index (κ3) is 5.59. The van der Waals surface area contributed by atoms with Crippen LogP contribution in [0.4, 0.5) is 0 Å². The summed E-state index contributed by atoms with van der Waals surface area (Å²) in [4.78, 5) is 3.32. The zero-order chi connectivity index (χ0) is 23.2. The smallest absolute Gasteiger partial charge is 0.153 e. The number of aromatic hydroxyl groups is 2. The van der Waals surface area contributed by atoms with Crippen molar-refractivity contribution in [3.05, 3.63) is 66.7 Å². The second-order valence-corrected chi connectivity index (χ2v) is 8.84. The number of hydrogen-bond donors (Lipinski definition) is 2. The van der Waals surface area contributed by atoms with E-state index in [4.69, 9.17) is 9.47 Å². The van der Waals surface area contributed by atoms with E-state index in [0.29, 0.717) is 12.4 Å². The first-order valence-corrected chi connectivity index (χ1v) is 12.1. The van der Waals surface area contributed by atoms with Gasteiger partial charge in [-0.15, -0.1) is 11.3 Å². The van der Waals surface area contributed by atoms with Crippen molar-refractivity contribution in [3.63, 3.8) is 0 Å². The molecular formula is C27H29NO4S. The number of fused-ring (bicyclic) bond motifs is 1. The average molecular weight is 464 g/mol. The number of phenols is 2. The second kappa shape index (κ2) is 10.6. The van der Waals surface area contributed by atoms with E-state index >= 15 is 0 Å². The van der Waals surface area contributed by atoms with Crippen molar-refractivity contribution in [2.24, 2.45) is 0 Å². The van der Waals surface area contributed by atoms with E-state index in [0.717, 1.165) is 58.1 Å². The van der Waals surface area contributed by atoms with Crippen molar-refractivity contribution in [1.29, 1.82) is 0 Å². The van der Waals surface area contributed by atoms with Crippen LogP contribution in [0.5, 0.6) is 28.7 Å². The summed E-state index contributed by atoms with van der Waals surface area (Å²) >= 11 is 1.54. The molecule has 0 atom stereocenters. The van der Waals surface area contributed by atoms with Gasteiger partial charge in [0.05, 0.1) is 11.5 Å². The molecule has 0 fully saturated rings. The van der Waals surface area contributed by atoms with E-state index in [1.165, 1.54) is 0 Å². The number of thiophene rings is 1. The lowest BCUT2D eigenvalue weighted by Crippen LogP contribution is -2.25. The molecule has 172 valence electrons. The van der Waals surface area contributed by atoms with Gasteiger partial charge < -0.3 is 24.6 Å². The largest absolute Gasteiger partial charge is 0.508 e. The van der Waals surface area contributed by atoms with Crippen LogP contribution in [0.3, 0.4) is 0 Å². The van der Waals surface area contributed by atoms with Gasteiger partial charge in [-0.1, -0.05) is 13.8 Å².